The summed E-state index contributed by atoms with van der Waals surface area (Å²) < 4.78 is 45.0. The highest BCUT2D eigenvalue weighted by molar-refractivity contribution is 7.90. The lowest BCUT2D eigenvalue weighted by atomic mass is 10.2. The number of sulfone groups is 1. The van der Waals surface area contributed by atoms with Gasteiger partial charge in [0, 0.05) is 12.5 Å². The van der Waals surface area contributed by atoms with E-state index in [2.05, 4.69) is 10.4 Å². The predicted molar refractivity (Wildman–Crippen MR) is 113 cm³/mol. The molecular formula is C22H18FN3O4S. The lowest BCUT2D eigenvalue weighted by Gasteiger charge is -2.08. The summed E-state index contributed by atoms with van der Waals surface area (Å²) in [5.41, 5.74) is 0.884. The molecule has 0 radical (unpaired) electrons. The quantitative estimate of drug-likeness (QED) is 0.470. The predicted octanol–water partition coefficient (Wildman–Crippen LogP) is 4.24. The number of benzene rings is 2. The summed E-state index contributed by atoms with van der Waals surface area (Å²) in [6.45, 7) is 1.77. The molecule has 0 spiro atoms. The van der Waals surface area contributed by atoms with Crippen molar-refractivity contribution >= 4 is 21.4 Å². The number of aromatic nitrogens is 2. The molecule has 0 aliphatic heterocycles. The fourth-order valence-electron chi connectivity index (χ4n) is 3.02. The van der Waals surface area contributed by atoms with Crippen molar-refractivity contribution in [2.24, 2.45) is 0 Å². The van der Waals surface area contributed by atoms with Crippen LogP contribution in [0.1, 0.15) is 16.1 Å². The van der Waals surface area contributed by atoms with Gasteiger partial charge in [-0.3, -0.25) is 4.79 Å². The second-order valence-corrected chi connectivity index (χ2v) is 8.97. The highest BCUT2D eigenvalue weighted by Gasteiger charge is 2.22. The molecule has 0 saturated heterocycles. The van der Waals surface area contributed by atoms with Crippen LogP contribution in [0.15, 0.2) is 76.2 Å². The molecule has 0 aliphatic carbocycles. The Bertz CT molecular complexity index is 1380. The van der Waals surface area contributed by atoms with Crippen molar-refractivity contribution in [2.75, 3.05) is 11.6 Å². The molecule has 2 heterocycles. The van der Waals surface area contributed by atoms with Gasteiger partial charge in [-0.2, -0.15) is 5.10 Å². The van der Waals surface area contributed by atoms with Crippen molar-refractivity contribution in [2.45, 2.75) is 11.8 Å². The summed E-state index contributed by atoms with van der Waals surface area (Å²) in [5, 5.41) is 6.93. The summed E-state index contributed by atoms with van der Waals surface area (Å²) in [6, 6.07) is 15.8. The van der Waals surface area contributed by atoms with Gasteiger partial charge in [-0.25, -0.2) is 17.5 Å². The SMILES string of the molecule is Cc1ccc(-c2nn(-c3ccccc3)cc2C(=O)Nc2cc(S(C)(=O)=O)ccc2F)o1. The van der Waals surface area contributed by atoms with Gasteiger partial charge in [-0.05, 0) is 49.4 Å². The molecule has 2 aromatic heterocycles. The second kappa shape index (κ2) is 7.84. The van der Waals surface area contributed by atoms with Crippen LogP contribution in [0.25, 0.3) is 17.1 Å². The minimum Gasteiger partial charge on any atom is -0.460 e. The van der Waals surface area contributed by atoms with E-state index in [0.29, 0.717) is 11.5 Å². The van der Waals surface area contributed by atoms with Gasteiger partial charge in [0.05, 0.1) is 21.8 Å². The van der Waals surface area contributed by atoms with Crippen LogP contribution in [-0.2, 0) is 9.84 Å². The Hall–Kier alpha value is -3.72. The number of rotatable bonds is 5. The summed E-state index contributed by atoms with van der Waals surface area (Å²) in [7, 11) is -3.57. The summed E-state index contributed by atoms with van der Waals surface area (Å²) >= 11 is 0. The number of anilines is 1. The lowest BCUT2D eigenvalue weighted by Crippen LogP contribution is -2.14. The molecule has 0 atom stereocenters. The average Bonchev–Trinajstić information content (AvgIpc) is 3.36. The van der Waals surface area contributed by atoms with Crippen LogP contribution < -0.4 is 5.32 Å². The molecule has 9 heteroatoms. The third-order valence-electron chi connectivity index (χ3n) is 4.57. The van der Waals surface area contributed by atoms with Crippen LogP contribution in [0.2, 0.25) is 0 Å². The smallest absolute Gasteiger partial charge is 0.259 e. The summed E-state index contributed by atoms with van der Waals surface area (Å²) in [4.78, 5) is 12.9. The summed E-state index contributed by atoms with van der Waals surface area (Å²) in [6.07, 6.45) is 2.52. The maximum Gasteiger partial charge on any atom is 0.259 e. The standard InChI is InChI=1S/C22H18FN3O4S/c1-14-8-11-20(30-14)21-17(13-26(25-21)15-6-4-3-5-7-15)22(27)24-19-12-16(31(2,28)29)9-10-18(19)23/h3-13H,1-2H3,(H,24,27). The first-order valence-corrected chi connectivity index (χ1v) is 11.1. The van der Waals surface area contributed by atoms with E-state index in [1.54, 1.807) is 19.1 Å². The fraction of sp³-hybridized carbons (Fsp3) is 0.0909. The molecule has 4 rings (SSSR count). The molecule has 0 saturated carbocycles. The first kappa shape index (κ1) is 20.5. The van der Waals surface area contributed by atoms with Crippen molar-refractivity contribution < 1.29 is 22.0 Å². The molecule has 158 valence electrons. The molecule has 4 aromatic rings. The Morgan fingerprint density at radius 3 is 2.48 bits per heavy atom. The third kappa shape index (κ3) is 4.26. The van der Waals surface area contributed by atoms with E-state index in [1.807, 2.05) is 30.3 Å². The molecule has 0 unspecified atom stereocenters. The Morgan fingerprint density at radius 2 is 1.84 bits per heavy atom. The highest BCUT2D eigenvalue weighted by atomic mass is 32.2. The van der Waals surface area contributed by atoms with Gasteiger partial charge < -0.3 is 9.73 Å². The van der Waals surface area contributed by atoms with Crippen molar-refractivity contribution in [1.29, 1.82) is 0 Å². The Balaban J connectivity index is 1.77. The number of hydrogen-bond donors (Lipinski definition) is 1. The molecule has 1 N–H and O–H groups in total. The normalized spacial score (nSPS) is 11.5. The van der Waals surface area contributed by atoms with Crippen LogP contribution >= 0.6 is 0 Å². The lowest BCUT2D eigenvalue weighted by molar-refractivity contribution is 0.102. The van der Waals surface area contributed by atoms with E-state index in [9.17, 15) is 17.6 Å². The molecule has 7 nitrogen and oxygen atoms in total. The van der Waals surface area contributed by atoms with Crippen LogP contribution in [-0.4, -0.2) is 30.4 Å². The molecule has 31 heavy (non-hydrogen) atoms. The van der Waals surface area contributed by atoms with E-state index in [4.69, 9.17) is 4.42 Å². The molecule has 1 amide bonds. The average molecular weight is 439 g/mol. The van der Waals surface area contributed by atoms with Crippen molar-refractivity contribution in [3.05, 3.63) is 84.0 Å². The van der Waals surface area contributed by atoms with Crippen molar-refractivity contribution in [3.8, 4) is 17.1 Å². The second-order valence-electron chi connectivity index (χ2n) is 6.95. The number of aryl methyl sites for hydroxylation is 1. The Kier molecular flexibility index (Phi) is 5.20. The molecule has 0 bridgehead atoms. The number of furan rings is 1. The summed E-state index contributed by atoms with van der Waals surface area (Å²) in [5.74, 6) is -0.396. The van der Waals surface area contributed by atoms with E-state index >= 15 is 0 Å². The van der Waals surface area contributed by atoms with Crippen molar-refractivity contribution in [1.82, 2.24) is 9.78 Å². The van der Waals surface area contributed by atoms with E-state index in [1.165, 1.54) is 10.9 Å². The van der Waals surface area contributed by atoms with Gasteiger partial charge in [0.1, 0.15) is 17.3 Å². The number of hydrogen-bond acceptors (Lipinski definition) is 5. The van der Waals surface area contributed by atoms with E-state index < -0.39 is 21.6 Å². The van der Waals surface area contributed by atoms with Gasteiger partial charge in [0.15, 0.2) is 15.6 Å². The van der Waals surface area contributed by atoms with Gasteiger partial charge in [-0.1, -0.05) is 18.2 Å². The first-order chi connectivity index (χ1) is 14.7. The molecule has 0 aliphatic rings. The number of carbonyl (C=O) groups is 1. The highest BCUT2D eigenvalue weighted by Crippen LogP contribution is 2.27. The molecule has 0 fully saturated rings. The number of amides is 1. The largest absolute Gasteiger partial charge is 0.460 e. The van der Waals surface area contributed by atoms with Crippen LogP contribution in [0.4, 0.5) is 10.1 Å². The number of nitrogens with zero attached hydrogens (tertiary/aromatic N) is 2. The maximum absolute atomic E-state index is 14.3. The van der Waals surface area contributed by atoms with E-state index in [0.717, 1.165) is 30.1 Å². The molecular weight excluding hydrogens is 421 g/mol. The number of nitrogens with one attached hydrogen (secondary N) is 1. The third-order valence-corrected chi connectivity index (χ3v) is 5.68. The number of halogens is 1. The minimum absolute atomic E-state index is 0.105. The van der Waals surface area contributed by atoms with Crippen LogP contribution in [0.5, 0.6) is 0 Å². The Labute approximate surface area is 178 Å². The monoisotopic (exact) mass is 439 g/mol. The van der Waals surface area contributed by atoms with Gasteiger partial charge in [0.2, 0.25) is 0 Å². The topological polar surface area (TPSA) is 94.2 Å². The fourth-order valence-corrected chi connectivity index (χ4v) is 3.66. The number of para-hydroxylation sites is 1. The van der Waals surface area contributed by atoms with Gasteiger partial charge in [-0.15, -0.1) is 0 Å². The van der Waals surface area contributed by atoms with E-state index in [-0.39, 0.29) is 21.8 Å². The molecule has 2 aromatic carbocycles. The zero-order valence-electron chi connectivity index (χ0n) is 16.7. The minimum atomic E-state index is -3.57. The zero-order chi connectivity index (χ0) is 22.2. The van der Waals surface area contributed by atoms with Crippen molar-refractivity contribution in [3.63, 3.8) is 0 Å². The van der Waals surface area contributed by atoms with Gasteiger partial charge >= 0.3 is 0 Å². The zero-order valence-corrected chi connectivity index (χ0v) is 17.5. The van der Waals surface area contributed by atoms with Gasteiger partial charge in [0.25, 0.3) is 5.91 Å². The van der Waals surface area contributed by atoms with Crippen LogP contribution in [0.3, 0.4) is 0 Å². The maximum atomic E-state index is 14.3. The Morgan fingerprint density at radius 1 is 1.10 bits per heavy atom. The number of carbonyl (C=O) groups excluding carboxylic acids is 1. The first-order valence-electron chi connectivity index (χ1n) is 9.25. The van der Waals surface area contributed by atoms with Crippen LogP contribution in [0, 0.1) is 12.7 Å².